The van der Waals surface area contributed by atoms with Crippen LogP contribution in [-0.4, -0.2) is 23.5 Å². The molecule has 18 heavy (non-hydrogen) atoms. The number of rotatable bonds is 5. The molecule has 1 unspecified atom stereocenters. The Kier molecular flexibility index (Phi) is 4.45. The molecule has 0 fully saturated rings. The van der Waals surface area contributed by atoms with Crippen molar-refractivity contribution in [3.63, 3.8) is 0 Å². The van der Waals surface area contributed by atoms with Gasteiger partial charge < -0.3 is 5.73 Å². The van der Waals surface area contributed by atoms with E-state index in [2.05, 4.69) is 29.1 Å². The van der Waals surface area contributed by atoms with Crippen molar-refractivity contribution in [3.8, 4) is 0 Å². The normalized spacial score (nSPS) is 12.6. The molecule has 1 aromatic heterocycles. The average Bonchev–Trinajstić information content (AvgIpc) is 2.40. The summed E-state index contributed by atoms with van der Waals surface area (Å²) in [6, 6.07) is 16.2. The predicted octanol–water partition coefficient (Wildman–Crippen LogP) is 2.21. The maximum absolute atomic E-state index is 6.19. The van der Waals surface area contributed by atoms with Gasteiger partial charge in [-0.1, -0.05) is 36.4 Å². The van der Waals surface area contributed by atoms with Gasteiger partial charge in [0.2, 0.25) is 0 Å². The smallest absolute Gasteiger partial charge is 0.0543 e. The zero-order valence-corrected chi connectivity index (χ0v) is 10.7. The van der Waals surface area contributed by atoms with Crippen LogP contribution in [0.25, 0.3) is 0 Å². The lowest BCUT2D eigenvalue weighted by molar-refractivity contribution is 0.302. The van der Waals surface area contributed by atoms with Gasteiger partial charge in [0.1, 0.15) is 0 Å². The lowest BCUT2D eigenvalue weighted by Gasteiger charge is -2.21. The lowest BCUT2D eigenvalue weighted by Crippen LogP contribution is -2.29. The van der Waals surface area contributed by atoms with Crippen molar-refractivity contribution < 1.29 is 0 Å². The number of likely N-dealkylation sites (N-methyl/N-ethyl adjacent to an activating group) is 1. The molecule has 0 spiro atoms. The Labute approximate surface area is 108 Å². The molecule has 2 N–H and O–H groups in total. The Balaban J connectivity index is 1.90. The van der Waals surface area contributed by atoms with E-state index >= 15 is 0 Å². The molecule has 0 aliphatic carbocycles. The fraction of sp³-hybridized carbons (Fsp3) is 0.267. The molecule has 0 bridgehead atoms. The summed E-state index contributed by atoms with van der Waals surface area (Å²) in [6.07, 6.45) is 1.82. The fourth-order valence-electron chi connectivity index (χ4n) is 1.97. The van der Waals surface area contributed by atoms with Gasteiger partial charge in [-0.15, -0.1) is 0 Å². The summed E-state index contributed by atoms with van der Waals surface area (Å²) in [5.41, 5.74) is 8.43. The SMILES string of the molecule is CN(Cc1ccccn1)CC(N)c1ccccc1. The molecule has 3 heteroatoms. The van der Waals surface area contributed by atoms with E-state index in [9.17, 15) is 0 Å². The van der Waals surface area contributed by atoms with Crippen molar-refractivity contribution in [1.82, 2.24) is 9.88 Å². The van der Waals surface area contributed by atoms with Crippen LogP contribution in [0, 0.1) is 0 Å². The van der Waals surface area contributed by atoms with Crippen molar-refractivity contribution in [2.24, 2.45) is 5.73 Å². The first-order valence-corrected chi connectivity index (χ1v) is 6.14. The van der Waals surface area contributed by atoms with E-state index in [0.29, 0.717) is 0 Å². The predicted molar refractivity (Wildman–Crippen MR) is 73.9 cm³/mol. The summed E-state index contributed by atoms with van der Waals surface area (Å²) >= 11 is 0. The molecular formula is C15H19N3. The van der Waals surface area contributed by atoms with Gasteiger partial charge in [-0.3, -0.25) is 9.88 Å². The summed E-state index contributed by atoms with van der Waals surface area (Å²) < 4.78 is 0. The summed E-state index contributed by atoms with van der Waals surface area (Å²) in [6.45, 7) is 1.64. The largest absolute Gasteiger partial charge is 0.323 e. The van der Waals surface area contributed by atoms with Crippen LogP contribution in [0.2, 0.25) is 0 Å². The molecule has 94 valence electrons. The Hall–Kier alpha value is -1.71. The zero-order valence-electron chi connectivity index (χ0n) is 10.7. The topological polar surface area (TPSA) is 42.2 Å². The van der Waals surface area contributed by atoms with E-state index in [1.54, 1.807) is 0 Å². The standard InChI is InChI=1S/C15H19N3/c1-18(11-14-9-5-6-10-17-14)12-15(16)13-7-3-2-4-8-13/h2-10,15H,11-12,16H2,1H3. The average molecular weight is 241 g/mol. The van der Waals surface area contributed by atoms with Crippen molar-refractivity contribution in [1.29, 1.82) is 0 Å². The highest BCUT2D eigenvalue weighted by atomic mass is 15.1. The van der Waals surface area contributed by atoms with E-state index in [4.69, 9.17) is 5.73 Å². The monoisotopic (exact) mass is 241 g/mol. The van der Waals surface area contributed by atoms with Crippen molar-refractivity contribution in [2.45, 2.75) is 12.6 Å². The number of hydrogen-bond acceptors (Lipinski definition) is 3. The van der Waals surface area contributed by atoms with E-state index in [1.807, 2.05) is 42.6 Å². The first kappa shape index (κ1) is 12.7. The first-order chi connectivity index (χ1) is 8.75. The van der Waals surface area contributed by atoms with Gasteiger partial charge in [0, 0.05) is 25.3 Å². The number of nitrogens with two attached hydrogens (primary N) is 1. The van der Waals surface area contributed by atoms with Gasteiger partial charge >= 0.3 is 0 Å². The summed E-state index contributed by atoms with van der Waals surface area (Å²) in [7, 11) is 2.07. The molecule has 3 nitrogen and oxygen atoms in total. The molecule has 2 aromatic rings. The van der Waals surface area contributed by atoms with Crippen molar-refractivity contribution >= 4 is 0 Å². The Morgan fingerprint density at radius 3 is 2.50 bits per heavy atom. The van der Waals surface area contributed by atoms with Crippen LogP contribution in [-0.2, 0) is 6.54 Å². The highest BCUT2D eigenvalue weighted by Gasteiger charge is 2.09. The second kappa shape index (κ2) is 6.28. The quantitative estimate of drug-likeness (QED) is 0.872. The third-order valence-corrected chi connectivity index (χ3v) is 2.89. The first-order valence-electron chi connectivity index (χ1n) is 6.14. The minimum absolute atomic E-state index is 0.0416. The molecule has 0 aliphatic rings. The number of pyridine rings is 1. The second-order valence-corrected chi connectivity index (χ2v) is 4.54. The molecule has 0 aliphatic heterocycles. The summed E-state index contributed by atoms with van der Waals surface area (Å²) in [5.74, 6) is 0. The number of nitrogens with zero attached hydrogens (tertiary/aromatic N) is 2. The molecule has 0 radical (unpaired) electrons. The molecule has 0 saturated carbocycles. The van der Waals surface area contributed by atoms with Crippen LogP contribution in [0.3, 0.4) is 0 Å². The molecule has 0 amide bonds. The van der Waals surface area contributed by atoms with Crippen LogP contribution in [0.15, 0.2) is 54.7 Å². The minimum atomic E-state index is 0.0416. The van der Waals surface area contributed by atoms with Crippen LogP contribution in [0.1, 0.15) is 17.3 Å². The molecular weight excluding hydrogens is 222 g/mol. The van der Waals surface area contributed by atoms with E-state index in [0.717, 1.165) is 18.8 Å². The van der Waals surface area contributed by atoms with Crippen LogP contribution in [0.5, 0.6) is 0 Å². The highest BCUT2D eigenvalue weighted by Crippen LogP contribution is 2.11. The number of benzene rings is 1. The second-order valence-electron chi connectivity index (χ2n) is 4.54. The maximum atomic E-state index is 6.19. The minimum Gasteiger partial charge on any atom is -0.323 e. The lowest BCUT2D eigenvalue weighted by atomic mass is 10.1. The number of aromatic nitrogens is 1. The summed E-state index contributed by atoms with van der Waals surface area (Å²) in [4.78, 5) is 6.51. The molecule has 2 rings (SSSR count). The highest BCUT2D eigenvalue weighted by molar-refractivity contribution is 5.18. The Morgan fingerprint density at radius 1 is 1.11 bits per heavy atom. The van der Waals surface area contributed by atoms with E-state index < -0.39 is 0 Å². The third kappa shape index (κ3) is 3.65. The molecule has 1 heterocycles. The fourth-order valence-corrected chi connectivity index (χ4v) is 1.97. The zero-order chi connectivity index (χ0) is 12.8. The van der Waals surface area contributed by atoms with Gasteiger partial charge in [0.15, 0.2) is 0 Å². The third-order valence-electron chi connectivity index (χ3n) is 2.89. The molecule has 1 aromatic carbocycles. The van der Waals surface area contributed by atoms with Gasteiger partial charge in [0.25, 0.3) is 0 Å². The van der Waals surface area contributed by atoms with Crippen LogP contribution < -0.4 is 5.73 Å². The Morgan fingerprint density at radius 2 is 1.83 bits per heavy atom. The van der Waals surface area contributed by atoms with Gasteiger partial charge in [0.05, 0.1) is 5.69 Å². The van der Waals surface area contributed by atoms with Gasteiger partial charge in [-0.2, -0.15) is 0 Å². The van der Waals surface area contributed by atoms with Crippen LogP contribution in [0.4, 0.5) is 0 Å². The molecule has 1 atom stereocenters. The van der Waals surface area contributed by atoms with Crippen LogP contribution >= 0.6 is 0 Å². The Bertz CT molecular complexity index is 456. The maximum Gasteiger partial charge on any atom is 0.0543 e. The van der Waals surface area contributed by atoms with E-state index in [-0.39, 0.29) is 6.04 Å². The summed E-state index contributed by atoms with van der Waals surface area (Å²) in [5, 5.41) is 0. The van der Waals surface area contributed by atoms with E-state index in [1.165, 1.54) is 5.56 Å². The van der Waals surface area contributed by atoms with Gasteiger partial charge in [-0.25, -0.2) is 0 Å². The van der Waals surface area contributed by atoms with Gasteiger partial charge in [-0.05, 0) is 24.7 Å². The van der Waals surface area contributed by atoms with Crippen molar-refractivity contribution in [2.75, 3.05) is 13.6 Å². The van der Waals surface area contributed by atoms with Crippen molar-refractivity contribution in [3.05, 3.63) is 66.0 Å². The number of hydrogen-bond donors (Lipinski definition) is 1. The molecule has 0 saturated heterocycles.